The molecule has 5 nitrogen and oxygen atoms in total. The number of alkyl halides is 3. The van der Waals surface area contributed by atoms with Gasteiger partial charge in [0.2, 0.25) is 0 Å². The molecular weight excluding hydrogens is 279 g/mol. The second-order valence-corrected chi connectivity index (χ2v) is 4.85. The smallest absolute Gasteiger partial charge is 0.506 e. The fraction of sp³-hybridized carbons (Fsp3) is 0.417. The van der Waals surface area contributed by atoms with Crippen molar-refractivity contribution in [3.8, 4) is 11.5 Å². The van der Waals surface area contributed by atoms with Gasteiger partial charge in [-0.1, -0.05) is 0 Å². The van der Waals surface area contributed by atoms with Crippen LogP contribution < -0.4 is 10.1 Å². The van der Waals surface area contributed by atoms with E-state index in [2.05, 4.69) is 10.1 Å². The summed E-state index contributed by atoms with van der Waals surface area (Å²) in [5.41, 5.74) is -0.826. The molecule has 1 aromatic rings. The molecule has 20 heavy (non-hydrogen) atoms. The Kier molecular flexibility index (Phi) is 4.36. The standard InChI is InChI=1S/C12H14F3NO4/c1-11(2,3)20-10(18)16-8-5-4-7(6-9(8)17)19-12(13,14)15/h4-6,17H,1-3H3,(H,16,18). The van der Waals surface area contributed by atoms with E-state index in [9.17, 15) is 23.1 Å². The number of nitrogens with one attached hydrogen (secondary N) is 1. The highest BCUT2D eigenvalue weighted by molar-refractivity contribution is 5.87. The van der Waals surface area contributed by atoms with Gasteiger partial charge in [0.1, 0.15) is 17.1 Å². The Hall–Kier alpha value is -2.12. The molecule has 0 fully saturated rings. The lowest BCUT2D eigenvalue weighted by Crippen LogP contribution is -2.27. The minimum absolute atomic E-state index is 0.0891. The molecule has 0 bridgehead atoms. The molecular formula is C12H14F3NO4. The second kappa shape index (κ2) is 5.48. The van der Waals surface area contributed by atoms with Gasteiger partial charge >= 0.3 is 12.5 Å². The number of anilines is 1. The highest BCUT2D eigenvalue weighted by atomic mass is 19.4. The zero-order chi connectivity index (χ0) is 15.6. The normalized spacial score (nSPS) is 11.9. The van der Waals surface area contributed by atoms with Gasteiger partial charge < -0.3 is 14.6 Å². The van der Waals surface area contributed by atoms with Crippen molar-refractivity contribution in [1.82, 2.24) is 0 Å². The number of hydrogen-bond donors (Lipinski definition) is 2. The fourth-order valence-electron chi connectivity index (χ4n) is 1.23. The number of aromatic hydroxyl groups is 1. The molecule has 0 saturated carbocycles. The van der Waals surface area contributed by atoms with Gasteiger partial charge in [0.15, 0.2) is 0 Å². The maximum atomic E-state index is 12.0. The van der Waals surface area contributed by atoms with E-state index in [0.29, 0.717) is 0 Å². The molecule has 1 aromatic carbocycles. The van der Waals surface area contributed by atoms with E-state index in [1.807, 2.05) is 0 Å². The number of carbonyl (C=O) groups is 1. The number of hydrogen-bond acceptors (Lipinski definition) is 4. The van der Waals surface area contributed by atoms with E-state index in [-0.39, 0.29) is 5.69 Å². The third kappa shape index (κ3) is 5.68. The molecule has 0 aliphatic heterocycles. The van der Waals surface area contributed by atoms with Crippen LogP contribution in [0.25, 0.3) is 0 Å². The van der Waals surface area contributed by atoms with Crippen molar-refractivity contribution in [3.05, 3.63) is 18.2 Å². The zero-order valence-electron chi connectivity index (χ0n) is 11.0. The first-order valence-corrected chi connectivity index (χ1v) is 5.55. The van der Waals surface area contributed by atoms with E-state index in [1.165, 1.54) is 0 Å². The van der Waals surface area contributed by atoms with Crippen LogP contribution in [0.4, 0.5) is 23.7 Å². The van der Waals surface area contributed by atoms with Gasteiger partial charge in [0.25, 0.3) is 0 Å². The third-order valence-corrected chi connectivity index (χ3v) is 1.84. The average molecular weight is 293 g/mol. The molecule has 112 valence electrons. The van der Waals surface area contributed by atoms with E-state index >= 15 is 0 Å². The maximum absolute atomic E-state index is 12.0. The van der Waals surface area contributed by atoms with Crippen molar-refractivity contribution in [2.24, 2.45) is 0 Å². The van der Waals surface area contributed by atoms with Gasteiger partial charge in [-0.2, -0.15) is 0 Å². The molecule has 0 heterocycles. The maximum Gasteiger partial charge on any atom is 0.573 e. The lowest BCUT2D eigenvalue weighted by atomic mass is 10.2. The van der Waals surface area contributed by atoms with Crippen molar-refractivity contribution in [2.45, 2.75) is 32.7 Å². The number of amides is 1. The Labute approximate surface area is 113 Å². The Bertz CT molecular complexity index is 494. The summed E-state index contributed by atoms with van der Waals surface area (Å²) in [4.78, 5) is 11.4. The van der Waals surface area contributed by atoms with E-state index in [0.717, 1.165) is 18.2 Å². The van der Waals surface area contributed by atoms with Crippen LogP contribution in [0.15, 0.2) is 18.2 Å². The van der Waals surface area contributed by atoms with Crippen LogP contribution in [0, 0.1) is 0 Å². The molecule has 0 saturated heterocycles. The van der Waals surface area contributed by atoms with E-state index in [1.54, 1.807) is 20.8 Å². The monoisotopic (exact) mass is 293 g/mol. The quantitative estimate of drug-likeness (QED) is 0.817. The molecule has 0 radical (unpaired) electrons. The number of phenolic OH excluding ortho intramolecular Hbond substituents is 1. The molecule has 0 aromatic heterocycles. The predicted octanol–water partition coefficient (Wildman–Crippen LogP) is 3.64. The van der Waals surface area contributed by atoms with Crippen molar-refractivity contribution in [3.63, 3.8) is 0 Å². The summed E-state index contributed by atoms with van der Waals surface area (Å²) in [7, 11) is 0. The lowest BCUT2D eigenvalue weighted by molar-refractivity contribution is -0.274. The number of carbonyl (C=O) groups excluding carboxylic acids is 1. The number of ether oxygens (including phenoxy) is 2. The van der Waals surface area contributed by atoms with Crippen LogP contribution in [0.3, 0.4) is 0 Å². The molecule has 0 atom stereocenters. The Morgan fingerprint density at radius 1 is 1.25 bits per heavy atom. The summed E-state index contributed by atoms with van der Waals surface area (Å²) in [6.45, 7) is 4.94. The molecule has 0 spiro atoms. The van der Waals surface area contributed by atoms with Crippen LogP contribution >= 0.6 is 0 Å². The first-order valence-electron chi connectivity index (χ1n) is 5.55. The van der Waals surface area contributed by atoms with Crippen molar-refractivity contribution >= 4 is 11.8 Å². The largest absolute Gasteiger partial charge is 0.573 e. The van der Waals surface area contributed by atoms with Gasteiger partial charge in [0, 0.05) is 6.07 Å². The van der Waals surface area contributed by atoms with Gasteiger partial charge in [-0.25, -0.2) is 4.79 Å². The molecule has 0 unspecified atom stereocenters. The Morgan fingerprint density at radius 3 is 2.30 bits per heavy atom. The van der Waals surface area contributed by atoms with E-state index in [4.69, 9.17) is 4.74 Å². The predicted molar refractivity (Wildman–Crippen MR) is 64.6 cm³/mol. The second-order valence-electron chi connectivity index (χ2n) is 4.85. The Morgan fingerprint density at radius 2 is 1.85 bits per heavy atom. The lowest BCUT2D eigenvalue weighted by Gasteiger charge is -2.20. The molecule has 8 heteroatoms. The number of rotatable bonds is 2. The first kappa shape index (κ1) is 15.9. The highest BCUT2D eigenvalue weighted by Crippen LogP contribution is 2.31. The summed E-state index contributed by atoms with van der Waals surface area (Å²) in [5, 5.41) is 11.7. The van der Waals surface area contributed by atoms with Crippen LogP contribution in [0.2, 0.25) is 0 Å². The highest BCUT2D eigenvalue weighted by Gasteiger charge is 2.31. The fourth-order valence-corrected chi connectivity index (χ4v) is 1.23. The Balaban J connectivity index is 2.76. The summed E-state index contributed by atoms with van der Waals surface area (Å²) in [6.07, 6.45) is -5.69. The summed E-state index contributed by atoms with van der Waals surface area (Å²) in [5.74, 6) is -1.16. The minimum Gasteiger partial charge on any atom is -0.506 e. The summed E-state index contributed by atoms with van der Waals surface area (Å²) >= 11 is 0. The minimum atomic E-state index is -4.85. The molecule has 0 aliphatic carbocycles. The third-order valence-electron chi connectivity index (χ3n) is 1.84. The van der Waals surface area contributed by atoms with Crippen molar-refractivity contribution in [2.75, 3.05) is 5.32 Å². The zero-order valence-corrected chi connectivity index (χ0v) is 11.0. The summed E-state index contributed by atoms with van der Waals surface area (Å²) in [6, 6.07) is 2.76. The van der Waals surface area contributed by atoms with Crippen molar-refractivity contribution < 1.29 is 32.5 Å². The van der Waals surface area contributed by atoms with Crippen LogP contribution in [-0.2, 0) is 4.74 Å². The first-order chi connectivity index (χ1) is 8.96. The van der Waals surface area contributed by atoms with Crippen molar-refractivity contribution in [1.29, 1.82) is 0 Å². The van der Waals surface area contributed by atoms with Crippen LogP contribution in [0.1, 0.15) is 20.8 Å². The molecule has 2 N–H and O–H groups in total. The van der Waals surface area contributed by atoms with Gasteiger partial charge in [-0.3, -0.25) is 5.32 Å². The number of benzene rings is 1. The van der Waals surface area contributed by atoms with Gasteiger partial charge in [0.05, 0.1) is 5.69 Å². The van der Waals surface area contributed by atoms with Gasteiger partial charge in [-0.15, -0.1) is 13.2 Å². The topological polar surface area (TPSA) is 67.8 Å². The van der Waals surface area contributed by atoms with E-state index < -0.39 is 29.6 Å². The SMILES string of the molecule is CC(C)(C)OC(=O)Nc1ccc(OC(F)(F)F)cc1O. The van der Waals surface area contributed by atoms with Crippen LogP contribution in [0.5, 0.6) is 11.5 Å². The number of phenols is 1. The molecule has 1 rings (SSSR count). The average Bonchev–Trinajstić information content (AvgIpc) is 2.17. The van der Waals surface area contributed by atoms with Gasteiger partial charge in [-0.05, 0) is 32.9 Å². The molecule has 1 amide bonds. The number of halogens is 3. The molecule has 0 aliphatic rings. The summed E-state index contributed by atoms with van der Waals surface area (Å²) < 4.78 is 44.5. The van der Waals surface area contributed by atoms with Crippen LogP contribution in [-0.4, -0.2) is 23.2 Å².